The number of H-pyrrole nitrogens is 1. The highest BCUT2D eigenvalue weighted by molar-refractivity contribution is 5.91. The Labute approximate surface area is 137 Å². The van der Waals surface area contributed by atoms with Crippen molar-refractivity contribution in [2.75, 3.05) is 0 Å². The lowest BCUT2D eigenvalue weighted by Crippen LogP contribution is -2.31. The summed E-state index contributed by atoms with van der Waals surface area (Å²) in [6.07, 6.45) is 2.54. The van der Waals surface area contributed by atoms with Crippen LogP contribution in [0.1, 0.15) is 38.2 Å². The number of hydrogen-bond acceptors (Lipinski definition) is 1. The minimum absolute atomic E-state index is 0.492. The Morgan fingerprint density at radius 1 is 0.957 bits per heavy atom. The Morgan fingerprint density at radius 2 is 1.70 bits per heavy atom. The fraction of sp³-hybridized carbons (Fsp3) is 0.333. The van der Waals surface area contributed by atoms with E-state index in [4.69, 9.17) is 0 Å². The third-order valence-electron chi connectivity index (χ3n) is 5.28. The lowest BCUT2D eigenvalue weighted by molar-refractivity contribution is 0.495. The first-order chi connectivity index (χ1) is 11.2. The largest absolute Gasteiger partial charge is 0.354 e. The van der Waals surface area contributed by atoms with Crippen LogP contribution in [-0.4, -0.2) is 17.1 Å². The van der Waals surface area contributed by atoms with Crippen molar-refractivity contribution in [1.82, 2.24) is 10.3 Å². The van der Waals surface area contributed by atoms with E-state index in [-0.39, 0.29) is 0 Å². The van der Waals surface area contributed by atoms with Gasteiger partial charge in [-0.2, -0.15) is 0 Å². The summed E-state index contributed by atoms with van der Waals surface area (Å²) >= 11 is 0. The van der Waals surface area contributed by atoms with E-state index in [9.17, 15) is 0 Å². The molecule has 118 valence electrons. The number of nitrogens with one attached hydrogen (secondary N) is 2. The first-order valence-corrected chi connectivity index (χ1v) is 8.66. The van der Waals surface area contributed by atoms with Gasteiger partial charge < -0.3 is 10.3 Å². The van der Waals surface area contributed by atoms with Gasteiger partial charge in [0, 0.05) is 23.0 Å². The minimum atomic E-state index is 0.492. The molecule has 2 heterocycles. The summed E-state index contributed by atoms with van der Waals surface area (Å²) < 4.78 is 0. The molecule has 0 amide bonds. The summed E-state index contributed by atoms with van der Waals surface area (Å²) in [5, 5.41) is 5.13. The summed E-state index contributed by atoms with van der Waals surface area (Å²) in [5.74, 6) is 0.492. The highest BCUT2D eigenvalue weighted by atomic mass is 15.0. The molecule has 0 radical (unpaired) electrons. The van der Waals surface area contributed by atoms with Gasteiger partial charge in [-0.3, -0.25) is 0 Å². The van der Waals surface area contributed by atoms with Crippen molar-refractivity contribution >= 4 is 10.9 Å². The summed E-state index contributed by atoms with van der Waals surface area (Å²) in [6, 6.07) is 20.6. The maximum absolute atomic E-state index is 3.77. The first kappa shape index (κ1) is 14.5. The van der Waals surface area contributed by atoms with Gasteiger partial charge in [-0.25, -0.2) is 0 Å². The number of aromatic amines is 1. The monoisotopic (exact) mass is 304 g/mol. The standard InChI is InChI=1S/C21H24N2/c1-14-12-13-18(22-14)15(2)20-17-10-6-7-11-19(17)23-21(20)16-8-4-3-5-9-16/h3-11,14-15,18,22-23H,12-13H2,1-2H3. The molecule has 1 aromatic heterocycles. The average molecular weight is 304 g/mol. The number of aromatic nitrogens is 1. The third-order valence-corrected chi connectivity index (χ3v) is 5.28. The normalized spacial score (nSPS) is 22.5. The van der Waals surface area contributed by atoms with Gasteiger partial charge in [0.05, 0.1) is 5.69 Å². The van der Waals surface area contributed by atoms with Crippen molar-refractivity contribution in [3.05, 3.63) is 60.2 Å². The molecule has 0 aliphatic carbocycles. The predicted octanol–water partition coefficient (Wildman–Crippen LogP) is 5.08. The van der Waals surface area contributed by atoms with Gasteiger partial charge in [-0.15, -0.1) is 0 Å². The molecule has 1 aliphatic rings. The minimum Gasteiger partial charge on any atom is -0.354 e. The predicted molar refractivity (Wildman–Crippen MR) is 97.8 cm³/mol. The molecule has 3 atom stereocenters. The molecule has 4 rings (SSSR count). The molecule has 0 saturated carbocycles. The first-order valence-electron chi connectivity index (χ1n) is 8.66. The van der Waals surface area contributed by atoms with Crippen molar-refractivity contribution in [1.29, 1.82) is 0 Å². The number of hydrogen-bond donors (Lipinski definition) is 2. The molecule has 2 heteroatoms. The van der Waals surface area contributed by atoms with Crippen molar-refractivity contribution < 1.29 is 0 Å². The van der Waals surface area contributed by atoms with E-state index in [0.717, 1.165) is 0 Å². The van der Waals surface area contributed by atoms with Gasteiger partial charge in [-0.05, 0) is 42.9 Å². The highest BCUT2D eigenvalue weighted by Gasteiger charge is 2.29. The van der Waals surface area contributed by atoms with Crippen molar-refractivity contribution in [2.45, 2.75) is 44.7 Å². The van der Waals surface area contributed by atoms with E-state index in [1.165, 1.54) is 40.6 Å². The SMILES string of the molecule is CC1CCC(C(C)c2c(-c3ccccc3)[nH]c3ccccc23)N1. The van der Waals surface area contributed by atoms with Crippen LogP contribution in [0.15, 0.2) is 54.6 Å². The molecule has 1 fully saturated rings. The van der Waals surface area contributed by atoms with Gasteiger partial charge in [-0.1, -0.05) is 55.5 Å². The molecule has 2 N–H and O–H groups in total. The average Bonchev–Trinajstić information content (AvgIpc) is 3.19. The van der Waals surface area contributed by atoms with Crippen LogP contribution in [-0.2, 0) is 0 Å². The Hall–Kier alpha value is -2.06. The Balaban J connectivity index is 1.86. The number of para-hydroxylation sites is 1. The van der Waals surface area contributed by atoms with Crippen LogP contribution in [0.25, 0.3) is 22.2 Å². The zero-order valence-electron chi connectivity index (χ0n) is 13.8. The highest BCUT2D eigenvalue weighted by Crippen LogP contribution is 2.38. The smallest absolute Gasteiger partial charge is 0.0500 e. The second-order valence-electron chi connectivity index (χ2n) is 6.87. The summed E-state index contributed by atoms with van der Waals surface area (Å²) in [4.78, 5) is 3.67. The summed E-state index contributed by atoms with van der Waals surface area (Å²) in [7, 11) is 0. The van der Waals surface area contributed by atoms with Crippen LogP contribution in [0.5, 0.6) is 0 Å². The van der Waals surface area contributed by atoms with Crippen molar-refractivity contribution in [2.24, 2.45) is 0 Å². The van der Waals surface area contributed by atoms with Crippen LogP contribution in [0.3, 0.4) is 0 Å². The number of fused-ring (bicyclic) bond motifs is 1. The Kier molecular flexibility index (Phi) is 3.70. The van der Waals surface area contributed by atoms with Gasteiger partial charge >= 0.3 is 0 Å². The number of benzene rings is 2. The molecule has 3 aromatic rings. The van der Waals surface area contributed by atoms with E-state index < -0.39 is 0 Å². The van der Waals surface area contributed by atoms with Crippen molar-refractivity contribution in [3.63, 3.8) is 0 Å². The van der Waals surface area contributed by atoms with Crippen LogP contribution < -0.4 is 5.32 Å². The quantitative estimate of drug-likeness (QED) is 0.694. The zero-order valence-corrected chi connectivity index (χ0v) is 13.8. The molecule has 0 bridgehead atoms. The maximum Gasteiger partial charge on any atom is 0.0500 e. The summed E-state index contributed by atoms with van der Waals surface area (Å²) in [6.45, 7) is 4.66. The molecule has 3 unspecified atom stereocenters. The molecule has 1 aliphatic heterocycles. The van der Waals surface area contributed by atoms with E-state index in [2.05, 4.69) is 78.7 Å². The number of rotatable bonds is 3. The van der Waals surface area contributed by atoms with Crippen LogP contribution >= 0.6 is 0 Å². The molecular weight excluding hydrogens is 280 g/mol. The third kappa shape index (κ3) is 2.57. The van der Waals surface area contributed by atoms with Crippen LogP contribution in [0.4, 0.5) is 0 Å². The lowest BCUT2D eigenvalue weighted by Gasteiger charge is -2.22. The van der Waals surface area contributed by atoms with Gasteiger partial charge in [0.25, 0.3) is 0 Å². The van der Waals surface area contributed by atoms with Gasteiger partial charge in [0.2, 0.25) is 0 Å². The van der Waals surface area contributed by atoms with Gasteiger partial charge in [0.15, 0.2) is 0 Å². The van der Waals surface area contributed by atoms with Crippen LogP contribution in [0, 0.1) is 0 Å². The van der Waals surface area contributed by atoms with Crippen molar-refractivity contribution in [3.8, 4) is 11.3 Å². The second kappa shape index (κ2) is 5.86. The summed E-state index contributed by atoms with van der Waals surface area (Å²) in [5.41, 5.74) is 5.25. The molecule has 2 aromatic carbocycles. The fourth-order valence-electron chi connectivity index (χ4n) is 4.03. The van der Waals surface area contributed by atoms with Gasteiger partial charge in [0.1, 0.15) is 0 Å². The molecule has 23 heavy (non-hydrogen) atoms. The van der Waals surface area contributed by atoms with E-state index in [1.54, 1.807) is 0 Å². The van der Waals surface area contributed by atoms with E-state index in [1.807, 2.05) is 0 Å². The van der Waals surface area contributed by atoms with Crippen LogP contribution in [0.2, 0.25) is 0 Å². The molecule has 1 saturated heterocycles. The topological polar surface area (TPSA) is 27.8 Å². The Morgan fingerprint density at radius 3 is 2.43 bits per heavy atom. The fourth-order valence-corrected chi connectivity index (χ4v) is 4.03. The Bertz CT molecular complexity index is 803. The van der Waals surface area contributed by atoms with E-state index in [0.29, 0.717) is 18.0 Å². The molecule has 0 spiro atoms. The zero-order chi connectivity index (χ0) is 15.8. The molecular formula is C21H24N2. The second-order valence-corrected chi connectivity index (χ2v) is 6.87. The maximum atomic E-state index is 3.77. The lowest BCUT2D eigenvalue weighted by atomic mass is 9.88. The molecule has 2 nitrogen and oxygen atoms in total. The van der Waals surface area contributed by atoms with E-state index >= 15 is 0 Å².